The van der Waals surface area contributed by atoms with E-state index >= 15 is 4.39 Å². The molecule has 0 fully saturated rings. The van der Waals surface area contributed by atoms with E-state index < -0.39 is 24.1 Å². The van der Waals surface area contributed by atoms with E-state index in [1.165, 1.54) is 24.3 Å². The Morgan fingerprint density at radius 1 is 0.852 bits per heavy atom. The average molecular weight is 385 g/mol. The van der Waals surface area contributed by atoms with Gasteiger partial charge in [0.1, 0.15) is 6.10 Å². The lowest BCUT2D eigenvalue weighted by molar-refractivity contribution is -0.384. The van der Waals surface area contributed by atoms with Crippen LogP contribution in [0.15, 0.2) is 84.9 Å². The minimum Gasteiger partial charge on any atom is -0.385 e. The number of nitro groups is 1. The summed E-state index contributed by atoms with van der Waals surface area (Å²) in [4.78, 5) is 10.2. The number of hydrogen-bond donors (Lipinski definition) is 1. The zero-order chi connectivity index (χ0) is 19.4. The number of non-ortho nitro benzene ring substituents is 1. The van der Waals surface area contributed by atoms with Crippen LogP contribution < -0.4 is 10.6 Å². The van der Waals surface area contributed by atoms with Crippen molar-refractivity contribution in [3.05, 3.63) is 101 Å². The van der Waals surface area contributed by atoms with Crippen molar-refractivity contribution in [1.29, 1.82) is 0 Å². The lowest BCUT2D eigenvalue weighted by Gasteiger charge is -2.26. The van der Waals surface area contributed by atoms with Crippen LogP contribution in [0.2, 0.25) is 0 Å². The monoisotopic (exact) mass is 385 g/mol. The van der Waals surface area contributed by atoms with Gasteiger partial charge >= 0.3 is 0 Å². The number of rotatable bonds is 6. The van der Waals surface area contributed by atoms with Crippen LogP contribution in [0, 0.1) is 10.1 Å². The molecule has 27 heavy (non-hydrogen) atoms. The largest absolute Gasteiger partial charge is 0.385 e. The molecule has 7 heteroatoms. The van der Waals surface area contributed by atoms with Gasteiger partial charge in [0.15, 0.2) is 13.1 Å². The maximum atomic E-state index is 15.5. The van der Waals surface area contributed by atoms with Gasteiger partial charge in [0.25, 0.3) is 5.69 Å². The third-order valence-electron chi connectivity index (χ3n) is 4.33. The van der Waals surface area contributed by atoms with E-state index in [0.29, 0.717) is 10.6 Å². The zero-order valence-electron chi connectivity index (χ0n) is 14.2. The summed E-state index contributed by atoms with van der Waals surface area (Å²) < 4.78 is 29.4. The van der Waals surface area contributed by atoms with Gasteiger partial charge in [-0.1, -0.05) is 60.7 Å². The van der Waals surface area contributed by atoms with Crippen molar-refractivity contribution in [2.75, 3.05) is 0 Å². The van der Waals surface area contributed by atoms with E-state index in [1.807, 2.05) is 0 Å². The number of benzene rings is 3. The molecule has 0 saturated carbocycles. The minimum absolute atomic E-state index is 0.125. The standard InChI is InChI=1S/C20H17FNO4P/c21-20(19(23)15-11-13-16(14-12-15)22(24)25)27(26,17-7-3-1-4-8-17)18-9-5-2-6-10-18/h1-14,19-20,23H/t19-,20-/m0/s1. The lowest BCUT2D eigenvalue weighted by Crippen LogP contribution is -2.27. The van der Waals surface area contributed by atoms with Crippen molar-refractivity contribution in [2.45, 2.75) is 12.0 Å². The number of aliphatic hydroxyl groups is 1. The van der Waals surface area contributed by atoms with Gasteiger partial charge in [-0.3, -0.25) is 10.1 Å². The molecule has 3 aromatic rings. The Kier molecular flexibility index (Phi) is 5.49. The van der Waals surface area contributed by atoms with Crippen molar-refractivity contribution in [3.8, 4) is 0 Å². The maximum absolute atomic E-state index is 15.5. The van der Waals surface area contributed by atoms with Gasteiger partial charge in [-0.05, 0) is 17.7 Å². The Morgan fingerprint density at radius 2 is 1.30 bits per heavy atom. The molecule has 0 unspecified atom stereocenters. The Labute approximate surface area is 155 Å². The molecular formula is C20H17FNO4P. The lowest BCUT2D eigenvalue weighted by atomic mass is 10.1. The number of nitro benzene ring substituents is 1. The van der Waals surface area contributed by atoms with Gasteiger partial charge in [-0.25, -0.2) is 4.39 Å². The van der Waals surface area contributed by atoms with Gasteiger partial charge in [0, 0.05) is 22.7 Å². The summed E-state index contributed by atoms with van der Waals surface area (Å²) in [6.45, 7) is 0. The summed E-state index contributed by atoms with van der Waals surface area (Å²) in [6.07, 6.45) is -1.70. The van der Waals surface area contributed by atoms with Crippen LogP contribution >= 0.6 is 7.14 Å². The van der Waals surface area contributed by atoms with Gasteiger partial charge < -0.3 is 9.67 Å². The summed E-state index contributed by atoms with van der Waals surface area (Å²) in [5.41, 5.74) is -0.0455. The smallest absolute Gasteiger partial charge is 0.269 e. The normalized spacial score (nSPS) is 13.7. The molecule has 3 aromatic carbocycles. The highest BCUT2D eigenvalue weighted by Gasteiger charge is 2.42. The van der Waals surface area contributed by atoms with Crippen LogP contribution in [-0.2, 0) is 4.57 Å². The third-order valence-corrected chi connectivity index (χ3v) is 7.44. The first-order chi connectivity index (χ1) is 12.9. The molecule has 0 aliphatic carbocycles. The molecule has 0 amide bonds. The molecule has 138 valence electrons. The number of alkyl halides is 1. The first kappa shape index (κ1) is 19.0. The molecular weight excluding hydrogens is 368 g/mol. The molecule has 0 bridgehead atoms. The number of halogens is 1. The fourth-order valence-electron chi connectivity index (χ4n) is 2.88. The van der Waals surface area contributed by atoms with Crippen molar-refractivity contribution >= 4 is 23.4 Å². The molecule has 0 aliphatic heterocycles. The highest BCUT2D eigenvalue weighted by Crippen LogP contribution is 2.53. The first-order valence-electron chi connectivity index (χ1n) is 8.22. The van der Waals surface area contributed by atoms with Crippen molar-refractivity contribution in [3.63, 3.8) is 0 Å². The van der Waals surface area contributed by atoms with Crippen LogP contribution in [0.5, 0.6) is 0 Å². The summed E-state index contributed by atoms with van der Waals surface area (Å²) in [7, 11) is -3.82. The summed E-state index contributed by atoms with van der Waals surface area (Å²) in [6, 6.07) is 21.3. The fraction of sp³-hybridized carbons (Fsp3) is 0.100. The van der Waals surface area contributed by atoms with Gasteiger partial charge in [-0.15, -0.1) is 0 Å². The van der Waals surface area contributed by atoms with E-state index in [9.17, 15) is 19.8 Å². The van der Waals surface area contributed by atoms with Crippen LogP contribution in [-0.4, -0.2) is 15.9 Å². The van der Waals surface area contributed by atoms with Gasteiger partial charge in [0.2, 0.25) is 0 Å². The average Bonchev–Trinajstić information content (AvgIpc) is 2.73. The summed E-state index contributed by atoms with van der Waals surface area (Å²) in [5.74, 6) is -2.11. The Hall–Kier alpha value is -2.82. The van der Waals surface area contributed by atoms with E-state index in [4.69, 9.17) is 0 Å². The molecule has 0 saturated heterocycles. The van der Waals surface area contributed by atoms with Crippen LogP contribution in [0.25, 0.3) is 0 Å². The Morgan fingerprint density at radius 3 is 1.70 bits per heavy atom. The molecule has 2 atom stereocenters. The minimum atomic E-state index is -3.82. The maximum Gasteiger partial charge on any atom is 0.269 e. The molecule has 0 radical (unpaired) electrons. The predicted octanol–water partition coefficient (Wildman–Crippen LogP) is 3.94. The molecule has 0 aromatic heterocycles. The van der Waals surface area contributed by atoms with Crippen LogP contribution in [0.1, 0.15) is 11.7 Å². The molecule has 0 spiro atoms. The van der Waals surface area contributed by atoms with Gasteiger partial charge in [0.05, 0.1) is 4.92 Å². The molecule has 0 aliphatic rings. The highest BCUT2D eigenvalue weighted by molar-refractivity contribution is 7.79. The summed E-state index contributed by atoms with van der Waals surface area (Å²) in [5, 5.41) is 21.9. The number of hydrogen-bond acceptors (Lipinski definition) is 4. The van der Waals surface area contributed by atoms with E-state index in [-0.39, 0.29) is 11.3 Å². The Bertz CT molecular complexity index is 921. The molecule has 1 N–H and O–H groups in total. The van der Waals surface area contributed by atoms with E-state index in [0.717, 1.165) is 0 Å². The fourth-order valence-corrected chi connectivity index (χ4v) is 5.55. The molecule has 0 heterocycles. The zero-order valence-corrected chi connectivity index (χ0v) is 15.1. The second kappa shape index (κ2) is 7.82. The topological polar surface area (TPSA) is 80.4 Å². The summed E-state index contributed by atoms with van der Waals surface area (Å²) >= 11 is 0. The van der Waals surface area contributed by atoms with Crippen molar-refractivity contribution < 1.29 is 19.0 Å². The van der Waals surface area contributed by atoms with Gasteiger partial charge in [-0.2, -0.15) is 0 Å². The van der Waals surface area contributed by atoms with E-state index in [1.54, 1.807) is 60.7 Å². The second-order valence-electron chi connectivity index (χ2n) is 6.00. The molecule has 5 nitrogen and oxygen atoms in total. The Balaban J connectivity index is 2.04. The quantitative estimate of drug-likeness (QED) is 0.396. The SMILES string of the molecule is O=[N+]([O-])c1ccc([C@H](O)[C@@H](F)P(=O)(c2ccccc2)c2ccccc2)cc1. The highest BCUT2D eigenvalue weighted by atomic mass is 31.2. The number of nitrogens with zero attached hydrogens (tertiary/aromatic N) is 1. The molecule has 3 rings (SSSR count). The number of aliphatic hydroxyl groups excluding tert-OH is 1. The second-order valence-corrected chi connectivity index (χ2v) is 8.84. The predicted molar refractivity (Wildman–Crippen MR) is 103 cm³/mol. The first-order valence-corrected chi connectivity index (χ1v) is 9.99. The van der Waals surface area contributed by atoms with Crippen molar-refractivity contribution in [2.24, 2.45) is 0 Å². The van der Waals surface area contributed by atoms with E-state index in [2.05, 4.69) is 0 Å². The third kappa shape index (κ3) is 3.68. The van der Waals surface area contributed by atoms with Crippen LogP contribution in [0.4, 0.5) is 10.1 Å². The van der Waals surface area contributed by atoms with Crippen LogP contribution in [0.3, 0.4) is 0 Å². The van der Waals surface area contributed by atoms with Crippen molar-refractivity contribution in [1.82, 2.24) is 0 Å².